The maximum absolute atomic E-state index is 11.5. The number of allylic oxidation sites excluding steroid dienone is 1. The van der Waals surface area contributed by atoms with Crippen LogP contribution in [0.5, 0.6) is 0 Å². The summed E-state index contributed by atoms with van der Waals surface area (Å²) in [5, 5.41) is 2.33. The molecule has 0 saturated heterocycles. The Bertz CT molecular complexity index is 503. The Balaban J connectivity index is -0.000000414. The maximum atomic E-state index is 11.5. The van der Waals surface area contributed by atoms with E-state index in [1.165, 1.54) is 25.8 Å². The minimum Gasteiger partial charge on any atom is -0.370 e. The van der Waals surface area contributed by atoms with E-state index in [-0.39, 0.29) is 24.3 Å². The summed E-state index contributed by atoms with van der Waals surface area (Å²) in [6, 6.07) is -0.544. The van der Waals surface area contributed by atoms with Crippen LogP contribution in [0, 0.1) is 5.92 Å². The lowest BCUT2D eigenvalue weighted by molar-refractivity contribution is -0.128. The van der Waals surface area contributed by atoms with Crippen molar-refractivity contribution in [2.24, 2.45) is 17.4 Å². The first-order chi connectivity index (χ1) is 13.6. The Morgan fingerprint density at radius 3 is 1.93 bits per heavy atom. The molecule has 0 aliphatic heterocycles. The fourth-order valence-electron chi connectivity index (χ4n) is 2.04. The zero-order valence-electron chi connectivity index (χ0n) is 18.3. The Kier molecular flexibility index (Phi) is 23.1. The molecule has 29 heavy (non-hydrogen) atoms. The van der Waals surface area contributed by atoms with Gasteiger partial charge in [-0.3, -0.25) is 19.2 Å². The lowest BCUT2D eigenvalue weighted by Gasteiger charge is -2.17. The SMILES string of the molecule is C/C=C\C(=O)N(CC=O)CCCCCC.CC(C)C(NC=O)C(N)=O.CC(N)=O. The number of rotatable bonds is 12. The topological polar surface area (TPSA) is 153 Å². The molecule has 0 aromatic carbocycles. The summed E-state index contributed by atoms with van der Waals surface area (Å²) < 4.78 is 0. The second kappa shape index (κ2) is 21.6. The van der Waals surface area contributed by atoms with Crippen molar-refractivity contribution in [3.05, 3.63) is 12.2 Å². The number of unbranched alkanes of at least 4 members (excludes halogenated alkanes) is 3. The molecule has 0 aromatic heterocycles. The predicted molar refractivity (Wildman–Crippen MR) is 113 cm³/mol. The van der Waals surface area contributed by atoms with E-state index >= 15 is 0 Å². The van der Waals surface area contributed by atoms with Crippen LogP contribution < -0.4 is 16.8 Å². The van der Waals surface area contributed by atoms with Crippen LogP contribution in [0.1, 0.15) is 60.3 Å². The van der Waals surface area contributed by atoms with Gasteiger partial charge in [-0.25, -0.2) is 0 Å². The van der Waals surface area contributed by atoms with Crippen LogP contribution in [0.25, 0.3) is 0 Å². The first-order valence-electron chi connectivity index (χ1n) is 9.69. The van der Waals surface area contributed by atoms with E-state index in [2.05, 4.69) is 18.0 Å². The molecule has 0 aliphatic rings. The van der Waals surface area contributed by atoms with Gasteiger partial charge in [-0.2, -0.15) is 0 Å². The van der Waals surface area contributed by atoms with Gasteiger partial charge in [0.1, 0.15) is 12.3 Å². The smallest absolute Gasteiger partial charge is 0.246 e. The van der Waals surface area contributed by atoms with Crippen molar-refractivity contribution in [1.29, 1.82) is 0 Å². The van der Waals surface area contributed by atoms with Gasteiger partial charge in [-0.15, -0.1) is 0 Å². The number of hydrogen-bond donors (Lipinski definition) is 3. The van der Waals surface area contributed by atoms with Crippen molar-refractivity contribution in [2.75, 3.05) is 13.1 Å². The molecule has 0 radical (unpaired) electrons. The van der Waals surface area contributed by atoms with E-state index in [0.717, 1.165) is 19.1 Å². The van der Waals surface area contributed by atoms with E-state index in [1.807, 2.05) is 13.8 Å². The molecule has 0 aliphatic carbocycles. The summed E-state index contributed by atoms with van der Waals surface area (Å²) in [6.45, 7) is 9.76. The molecule has 5 N–H and O–H groups in total. The second-order valence-corrected chi connectivity index (χ2v) is 6.53. The highest BCUT2D eigenvalue weighted by atomic mass is 16.2. The number of hydrogen-bond acceptors (Lipinski definition) is 5. The van der Waals surface area contributed by atoms with Crippen molar-refractivity contribution in [3.63, 3.8) is 0 Å². The fraction of sp³-hybridized carbons (Fsp3) is 0.650. The highest BCUT2D eigenvalue weighted by molar-refractivity contribution is 5.88. The Morgan fingerprint density at radius 2 is 1.62 bits per heavy atom. The molecule has 0 saturated carbocycles. The largest absolute Gasteiger partial charge is 0.370 e. The summed E-state index contributed by atoms with van der Waals surface area (Å²) in [5.41, 5.74) is 9.44. The van der Waals surface area contributed by atoms with Gasteiger partial charge in [0.2, 0.25) is 24.1 Å². The number of primary amides is 2. The van der Waals surface area contributed by atoms with Gasteiger partial charge >= 0.3 is 0 Å². The summed E-state index contributed by atoms with van der Waals surface area (Å²) in [4.78, 5) is 53.1. The van der Waals surface area contributed by atoms with E-state index in [9.17, 15) is 24.0 Å². The molecule has 0 fully saturated rings. The Labute approximate surface area is 174 Å². The lowest BCUT2D eigenvalue weighted by atomic mass is 10.0. The van der Waals surface area contributed by atoms with Crippen molar-refractivity contribution < 1.29 is 24.0 Å². The van der Waals surface area contributed by atoms with Crippen LogP contribution in [0.15, 0.2) is 12.2 Å². The minimum atomic E-state index is -0.544. The van der Waals surface area contributed by atoms with E-state index in [1.54, 1.807) is 17.9 Å². The summed E-state index contributed by atoms with van der Waals surface area (Å²) in [6.07, 6.45) is 8.93. The van der Waals surface area contributed by atoms with Crippen LogP contribution in [-0.2, 0) is 24.0 Å². The van der Waals surface area contributed by atoms with Crippen molar-refractivity contribution in [1.82, 2.24) is 10.2 Å². The van der Waals surface area contributed by atoms with Gasteiger partial charge < -0.3 is 26.5 Å². The molecule has 0 heterocycles. The normalized spacial score (nSPS) is 10.7. The van der Waals surface area contributed by atoms with E-state index in [4.69, 9.17) is 5.73 Å². The zero-order valence-corrected chi connectivity index (χ0v) is 18.3. The number of nitrogens with two attached hydrogens (primary N) is 2. The van der Waals surface area contributed by atoms with Gasteiger partial charge in [-0.1, -0.05) is 46.1 Å². The van der Waals surface area contributed by atoms with Crippen LogP contribution in [-0.4, -0.2) is 54.4 Å². The third-order valence-corrected chi connectivity index (χ3v) is 3.42. The average Bonchev–Trinajstić information content (AvgIpc) is 2.62. The fourth-order valence-corrected chi connectivity index (χ4v) is 2.04. The van der Waals surface area contributed by atoms with Gasteiger partial charge in [-0.05, 0) is 25.3 Å². The maximum Gasteiger partial charge on any atom is 0.246 e. The molecule has 9 nitrogen and oxygen atoms in total. The molecule has 9 heteroatoms. The molecule has 0 bridgehead atoms. The second-order valence-electron chi connectivity index (χ2n) is 6.53. The average molecular weight is 415 g/mol. The molecule has 0 rings (SSSR count). The molecule has 168 valence electrons. The summed E-state index contributed by atoms with van der Waals surface area (Å²) in [7, 11) is 0. The van der Waals surface area contributed by atoms with Gasteiger partial charge in [0.05, 0.1) is 6.54 Å². The number of carbonyl (C=O) groups is 5. The third kappa shape index (κ3) is 23.3. The summed E-state index contributed by atoms with van der Waals surface area (Å²) in [5.74, 6) is -0.856. The third-order valence-electron chi connectivity index (χ3n) is 3.42. The van der Waals surface area contributed by atoms with Gasteiger partial charge in [0.15, 0.2) is 0 Å². The number of amides is 4. The number of aldehydes is 1. The predicted octanol–water partition coefficient (Wildman–Crippen LogP) is 0.904. The Hall–Kier alpha value is -2.71. The number of nitrogens with one attached hydrogen (secondary N) is 1. The molecule has 1 atom stereocenters. The molecule has 1 unspecified atom stereocenters. The van der Waals surface area contributed by atoms with Crippen LogP contribution >= 0.6 is 0 Å². The Morgan fingerprint density at radius 1 is 1.07 bits per heavy atom. The zero-order chi connectivity index (χ0) is 23.2. The standard InChI is InChI=1S/C12H21NO2.C6H12N2O2.C2H5NO/c1-3-5-6-7-9-13(10-11-14)12(15)8-4-2;1-4(2)5(6(7)10)8-3-9;1-2(3)4/h4,8,11H,3,5-7,9-10H2,1-2H3;3-5H,1-2H3,(H2,7,10)(H,8,9);1H3,(H2,3,4)/b8-4-;;. The van der Waals surface area contributed by atoms with Crippen molar-refractivity contribution in [2.45, 2.75) is 66.3 Å². The van der Waals surface area contributed by atoms with Crippen molar-refractivity contribution >= 4 is 30.4 Å². The quantitative estimate of drug-likeness (QED) is 0.246. The van der Waals surface area contributed by atoms with E-state index in [0.29, 0.717) is 13.0 Å². The minimum absolute atomic E-state index is 0.0442. The molecular weight excluding hydrogens is 376 g/mol. The number of nitrogens with zero attached hydrogens (tertiary/aromatic N) is 1. The van der Waals surface area contributed by atoms with Crippen LogP contribution in [0.4, 0.5) is 0 Å². The first-order valence-corrected chi connectivity index (χ1v) is 9.69. The van der Waals surface area contributed by atoms with Crippen LogP contribution in [0.3, 0.4) is 0 Å². The highest BCUT2D eigenvalue weighted by Crippen LogP contribution is 2.02. The van der Waals surface area contributed by atoms with Crippen LogP contribution in [0.2, 0.25) is 0 Å². The summed E-state index contributed by atoms with van der Waals surface area (Å²) >= 11 is 0. The molecule has 0 aromatic rings. The van der Waals surface area contributed by atoms with Gasteiger partial charge in [0.25, 0.3) is 0 Å². The van der Waals surface area contributed by atoms with E-state index < -0.39 is 11.9 Å². The lowest BCUT2D eigenvalue weighted by Crippen LogP contribution is -2.44. The monoisotopic (exact) mass is 414 g/mol. The number of carbonyl (C=O) groups excluding carboxylic acids is 5. The highest BCUT2D eigenvalue weighted by Gasteiger charge is 2.17. The van der Waals surface area contributed by atoms with Crippen molar-refractivity contribution in [3.8, 4) is 0 Å². The molecule has 0 spiro atoms. The first kappa shape index (κ1) is 31.0. The molecular formula is C20H38N4O5. The van der Waals surface area contributed by atoms with Gasteiger partial charge in [0, 0.05) is 13.5 Å². The molecule has 4 amide bonds.